The molecule has 0 aliphatic heterocycles. The van der Waals surface area contributed by atoms with Crippen molar-refractivity contribution >= 4 is 23.3 Å². The molecular weight excluding hydrogens is 342 g/mol. The van der Waals surface area contributed by atoms with Crippen LogP contribution < -0.4 is 20.7 Å². The first-order valence-corrected chi connectivity index (χ1v) is 9.16. The minimum absolute atomic E-state index is 0.115. The summed E-state index contributed by atoms with van der Waals surface area (Å²) in [4.78, 5) is 24.2. The third-order valence-electron chi connectivity index (χ3n) is 4.25. The van der Waals surface area contributed by atoms with Crippen LogP contribution in [0.25, 0.3) is 0 Å². The molecule has 2 aromatic rings. The Morgan fingerprint density at radius 2 is 1.56 bits per heavy atom. The number of aryl methyl sites for hydroxylation is 2. The van der Waals surface area contributed by atoms with E-state index in [4.69, 9.17) is 4.74 Å². The molecule has 6 nitrogen and oxygen atoms in total. The number of urea groups is 1. The van der Waals surface area contributed by atoms with Crippen molar-refractivity contribution in [2.45, 2.75) is 33.1 Å². The van der Waals surface area contributed by atoms with Gasteiger partial charge in [0, 0.05) is 24.3 Å². The Labute approximate surface area is 160 Å². The minimum atomic E-state index is -0.351. The standard InChI is InChI=1S/C21H27N3O3/c1-4-15-7-6-8-16(5-2)20(15)24-19(25)13-14-22-21(26)23-17-9-11-18(27-3)12-10-17/h6-12H,4-5,13-14H2,1-3H3,(H,24,25)(H2,22,23,26). The number of hydrogen-bond acceptors (Lipinski definition) is 3. The van der Waals surface area contributed by atoms with Gasteiger partial charge in [0.05, 0.1) is 7.11 Å². The van der Waals surface area contributed by atoms with Gasteiger partial charge in [-0.15, -0.1) is 0 Å². The molecule has 0 heterocycles. The molecule has 27 heavy (non-hydrogen) atoms. The number of carbonyl (C=O) groups is 2. The predicted octanol–water partition coefficient (Wildman–Crippen LogP) is 3.97. The molecule has 0 saturated carbocycles. The minimum Gasteiger partial charge on any atom is -0.497 e. The highest BCUT2D eigenvalue weighted by Crippen LogP contribution is 2.22. The van der Waals surface area contributed by atoms with Crippen molar-refractivity contribution in [3.8, 4) is 5.75 Å². The van der Waals surface area contributed by atoms with E-state index in [2.05, 4.69) is 29.8 Å². The average Bonchev–Trinajstić information content (AvgIpc) is 2.68. The van der Waals surface area contributed by atoms with E-state index in [1.165, 1.54) is 0 Å². The Morgan fingerprint density at radius 1 is 0.926 bits per heavy atom. The highest BCUT2D eigenvalue weighted by Gasteiger charge is 2.10. The fourth-order valence-electron chi connectivity index (χ4n) is 2.74. The van der Waals surface area contributed by atoms with Crippen LogP contribution in [0.1, 0.15) is 31.4 Å². The molecule has 0 aliphatic rings. The fraction of sp³-hybridized carbons (Fsp3) is 0.333. The van der Waals surface area contributed by atoms with Gasteiger partial charge < -0.3 is 20.7 Å². The Hall–Kier alpha value is -3.02. The summed E-state index contributed by atoms with van der Waals surface area (Å²) < 4.78 is 5.07. The predicted molar refractivity (Wildman–Crippen MR) is 108 cm³/mol. The van der Waals surface area contributed by atoms with Gasteiger partial charge in [-0.25, -0.2) is 4.79 Å². The van der Waals surface area contributed by atoms with Crippen molar-refractivity contribution < 1.29 is 14.3 Å². The van der Waals surface area contributed by atoms with E-state index in [1.54, 1.807) is 31.4 Å². The maximum Gasteiger partial charge on any atom is 0.319 e. The topological polar surface area (TPSA) is 79.5 Å². The number of hydrogen-bond donors (Lipinski definition) is 3. The van der Waals surface area contributed by atoms with Crippen LogP contribution in [0.5, 0.6) is 5.75 Å². The lowest BCUT2D eigenvalue weighted by molar-refractivity contribution is -0.116. The lowest BCUT2D eigenvalue weighted by Gasteiger charge is -2.14. The lowest BCUT2D eigenvalue weighted by Crippen LogP contribution is -2.31. The first-order valence-electron chi connectivity index (χ1n) is 9.16. The van der Waals surface area contributed by atoms with Crippen LogP contribution in [0.4, 0.5) is 16.2 Å². The van der Waals surface area contributed by atoms with Gasteiger partial charge in [0.1, 0.15) is 5.75 Å². The van der Waals surface area contributed by atoms with Crippen LogP contribution in [0.2, 0.25) is 0 Å². The molecule has 0 aliphatic carbocycles. The third kappa shape index (κ3) is 6.02. The molecule has 144 valence electrons. The Balaban J connectivity index is 1.81. The third-order valence-corrected chi connectivity index (χ3v) is 4.25. The van der Waals surface area contributed by atoms with Gasteiger partial charge >= 0.3 is 6.03 Å². The zero-order valence-corrected chi connectivity index (χ0v) is 16.1. The molecule has 3 amide bonds. The summed E-state index contributed by atoms with van der Waals surface area (Å²) in [5.74, 6) is 0.604. The van der Waals surface area contributed by atoms with Crippen molar-refractivity contribution in [3.63, 3.8) is 0 Å². The Kier molecular flexibility index (Phi) is 7.67. The maximum atomic E-state index is 12.3. The maximum absolute atomic E-state index is 12.3. The normalized spacial score (nSPS) is 10.2. The highest BCUT2D eigenvalue weighted by molar-refractivity contribution is 5.93. The molecular formula is C21H27N3O3. The molecule has 0 fully saturated rings. The van der Waals surface area contributed by atoms with Crippen molar-refractivity contribution in [2.75, 3.05) is 24.3 Å². The smallest absolute Gasteiger partial charge is 0.319 e. The van der Waals surface area contributed by atoms with Gasteiger partial charge in [-0.1, -0.05) is 32.0 Å². The zero-order valence-electron chi connectivity index (χ0n) is 16.1. The SMILES string of the molecule is CCc1cccc(CC)c1NC(=O)CCNC(=O)Nc1ccc(OC)cc1. The number of nitrogens with one attached hydrogen (secondary N) is 3. The second kappa shape index (κ2) is 10.2. The van der Waals surface area contributed by atoms with Gasteiger partial charge in [-0.2, -0.15) is 0 Å². The zero-order chi connectivity index (χ0) is 19.6. The highest BCUT2D eigenvalue weighted by atomic mass is 16.5. The largest absolute Gasteiger partial charge is 0.497 e. The molecule has 2 rings (SSSR count). The Morgan fingerprint density at radius 3 is 2.11 bits per heavy atom. The number of para-hydroxylation sites is 1. The molecule has 3 N–H and O–H groups in total. The monoisotopic (exact) mass is 369 g/mol. The number of anilines is 2. The number of carbonyl (C=O) groups excluding carboxylic acids is 2. The van der Waals surface area contributed by atoms with E-state index < -0.39 is 0 Å². The van der Waals surface area contributed by atoms with Crippen LogP contribution in [-0.4, -0.2) is 25.6 Å². The Bertz CT molecular complexity index is 750. The number of ether oxygens (including phenoxy) is 1. The first kappa shape index (κ1) is 20.3. The summed E-state index contributed by atoms with van der Waals surface area (Å²) in [6, 6.07) is 12.7. The molecule has 0 unspecified atom stereocenters. The van der Waals surface area contributed by atoms with Crippen molar-refractivity contribution in [2.24, 2.45) is 0 Å². The van der Waals surface area contributed by atoms with Crippen molar-refractivity contribution in [1.82, 2.24) is 5.32 Å². The van der Waals surface area contributed by atoms with Gasteiger partial charge in [-0.05, 0) is 48.2 Å². The van der Waals surface area contributed by atoms with Crippen LogP contribution >= 0.6 is 0 Å². The average molecular weight is 369 g/mol. The van der Waals surface area contributed by atoms with Crippen molar-refractivity contribution in [1.29, 1.82) is 0 Å². The molecule has 0 aromatic heterocycles. The van der Waals surface area contributed by atoms with Gasteiger partial charge in [-0.3, -0.25) is 4.79 Å². The quantitative estimate of drug-likeness (QED) is 0.659. The second-order valence-electron chi connectivity index (χ2n) is 6.07. The van der Waals surface area contributed by atoms with Crippen LogP contribution in [0.3, 0.4) is 0 Å². The van der Waals surface area contributed by atoms with E-state index in [0.29, 0.717) is 5.69 Å². The number of methoxy groups -OCH3 is 1. The summed E-state index contributed by atoms with van der Waals surface area (Å²) in [5, 5.41) is 8.40. The van der Waals surface area contributed by atoms with Crippen LogP contribution in [0, 0.1) is 0 Å². The van der Waals surface area contributed by atoms with Crippen LogP contribution in [-0.2, 0) is 17.6 Å². The summed E-state index contributed by atoms with van der Waals surface area (Å²) in [6.07, 6.45) is 1.91. The lowest BCUT2D eigenvalue weighted by atomic mass is 10.0. The fourth-order valence-corrected chi connectivity index (χ4v) is 2.74. The van der Waals surface area contributed by atoms with Gasteiger partial charge in [0.2, 0.25) is 5.91 Å². The van der Waals surface area contributed by atoms with E-state index in [-0.39, 0.29) is 24.9 Å². The summed E-state index contributed by atoms with van der Waals surface area (Å²) in [6.45, 7) is 4.38. The molecule has 2 aromatic carbocycles. The molecule has 0 saturated heterocycles. The molecule has 0 spiro atoms. The molecule has 6 heteroatoms. The van der Waals surface area contributed by atoms with E-state index in [9.17, 15) is 9.59 Å². The van der Waals surface area contributed by atoms with E-state index >= 15 is 0 Å². The summed E-state index contributed by atoms with van der Waals surface area (Å²) in [7, 11) is 1.59. The second-order valence-corrected chi connectivity index (χ2v) is 6.07. The van der Waals surface area contributed by atoms with Gasteiger partial charge in [0.15, 0.2) is 0 Å². The van der Waals surface area contributed by atoms with Crippen LogP contribution in [0.15, 0.2) is 42.5 Å². The molecule has 0 bridgehead atoms. The molecule has 0 atom stereocenters. The molecule has 0 radical (unpaired) electrons. The summed E-state index contributed by atoms with van der Waals surface area (Å²) in [5.41, 5.74) is 3.79. The first-order chi connectivity index (χ1) is 13.1. The number of amides is 3. The van der Waals surface area contributed by atoms with E-state index in [0.717, 1.165) is 35.4 Å². The van der Waals surface area contributed by atoms with E-state index in [1.807, 2.05) is 18.2 Å². The van der Waals surface area contributed by atoms with Crippen molar-refractivity contribution in [3.05, 3.63) is 53.6 Å². The summed E-state index contributed by atoms with van der Waals surface area (Å²) >= 11 is 0. The number of benzene rings is 2. The number of rotatable bonds is 8. The van der Waals surface area contributed by atoms with Gasteiger partial charge in [0.25, 0.3) is 0 Å².